The van der Waals surface area contributed by atoms with Crippen LogP contribution in [0.1, 0.15) is 70.2 Å². The molecule has 1 aliphatic heterocycles. The molecule has 0 aromatic heterocycles. The van der Waals surface area contributed by atoms with Gasteiger partial charge in [-0.1, -0.05) is 25.5 Å². The number of benzene rings is 2. The molecule has 0 saturated carbocycles. The number of urea groups is 1. The molecule has 12 heteroatoms. The minimum atomic E-state index is -0.445. The Kier molecular flexibility index (Phi) is 13.0. The third-order valence-corrected chi connectivity index (χ3v) is 7.70. The van der Waals surface area contributed by atoms with Crippen molar-refractivity contribution in [3.63, 3.8) is 0 Å². The molecule has 0 radical (unpaired) electrons. The number of nitrogens with zero attached hydrogens (tertiary/aromatic N) is 2. The molecule has 1 heterocycles. The SMILES string of the molecule is CC(C)NC(=O)N(C)C[C@@H]1Oc2ccc(NC(=O)CCCCCC(=O)Nc3ccccc3N)cc2C(=O)N([C@@H](C)CO)C[C@H]1C. The minimum Gasteiger partial charge on any atom is -0.487 e. The van der Waals surface area contributed by atoms with Gasteiger partial charge < -0.3 is 41.3 Å². The average molecular weight is 625 g/mol. The Morgan fingerprint density at radius 2 is 1.71 bits per heavy atom. The van der Waals surface area contributed by atoms with Gasteiger partial charge in [0.25, 0.3) is 5.91 Å². The number of nitrogens with one attached hydrogen (secondary N) is 3. The number of nitrogen functional groups attached to an aromatic ring is 1. The van der Waals surface area contributed by atoms with Gasteiger partial charge in [0.1, 0.15) is 11.9 Å². The smallest absolute Gasteiger partial charge is 0.317 e. The summed E-state index contributed by atoms with van der Waals surface area (Å²) in [6, 6.07) is 11.3. The topological polar surface area (TPSA) is 166 Å². The zero-order chi connectivity index (χ0) is 33.1. The summed E-state index contributed by atoms with van der Waals surface area (Å²) < 4.78 is 6.34. The molecule has 45 heavy (non-hydrogen) atoms. The van der Waals surface area contributed by atoms with E-state index < -0.39 is 12.1 Å². The van der Waals surface area contributed by atoms with Gasteiger partial charge in [-0.15, -0.1) is 0 Å². The molecule has 0 saturated heterocycles. The number of ether oxygens (including phenoxy) is 1. The van der Waals surface area contributed by atoms with Gasteiger partial charge in [0.2, 0.25) is 11.8 Å². The summed E-state index contributed by atoms with van der Waals surface area (Å²) in [5.74, 6) is -0.447. The van der Waals surface area contributed by atoms with Gasteiger partial charge in [-0.05, 0) is 63.9 Å². The van der Waals surface area contributed by atoms with Crippen LogP contribution in [0.2, 0.25) is 0 Å². The second-order valence-electron chi connectivity index (χ2n) is 12.1. The predicted molar refractivity (Wildman–Crippen MR) is 175 cm³/mol. The molecule has 2 aromatic carbocycles. The van der Waals surface area contributed by atoms with Gasteiger partial charge >= 0.3 is 6.03 Å². The fourth-order valence-electron chi connectivity index (χ4n) is 5.02. The van der Waals surface area contributed by atoms with Crippen molar-refractivity contribution >= 4 is 40.8 Å². The van der Waals surface area contributed by atoms with E-state index in [2.05, 4.69) is 16.0 Å². The minimum absolute atomic E-state index is 0.0183. The van der Waals surface area contributed by atoms with E-state index in [0.29, 0.717) is 55.0 Å². The lowest BCUT2D eigenvalue weighted by Crippen LogP contribution is -2.51. The lowest BCUT2D eigenvalue weighted by atomic mass is 9.99. The van der Waals surface area contributed by atoms with E-state index in [-0.39, 0.29) is 60.8 Å². The maximum Gasteiger partial charge on any atom is 0.317 e. The summed E-state index contributed by atoms with van der Waals surface area (Å²) in [5.41, 5.74) is 7.68. The van der Waals surface area contributed by atoms with E-state index in [1.165, 1.54) is 0 Å². The Bertz CT molecular complexity index is 1330. The molecule has 6 N–H and O–H groups in total. The molecule has 0 bridgehead atoms. The highest BCUT2D eigenvalue weighted by Gasteiger charge is 2.34. The maximum absolute atomic E-state index is 13.7. The molecule has 0 fully saturated rings. The molecule has 3 rings (SSSR count). The number of hydrogen-bond donors (Lipinski definition) is 5. The van der Waals surface area contributed by atoms with E-state index in [4.69, 9.17) is 10.5 Å². The number of anilines is 3. The van der Waals surface area contributed by atoms with Crippen molar-refractivity contribution in [3.05, 3.63) is 48.0 Å². The average Bonchev–Trinajstić information content (AvgIpc) is 2.99. The molecule has 0 aliphatic carbocycles. The molecule has 3 atom stereocenters. The van der Waals surface area contributed by atoms with E-state index in [0.717, 1.165) is 0 Å². The number of aliphatic hydroxyl groups excluding tert-OH is 1. The van der Waals surface area contributed by atoms with E-state index in [1.807, 2.05) is 20.8 Å². The summed E-state index contributed by atoms with van der Waals surface area (Å²) in [4.78, 5) is 54.4. The van der Waals surface area contributed by atoms with Crippen LogP contribution in [-0.2, 0) is 9.59 Å². The monoisotopic (exact) mass is 624 g/mol. The fourth-order valence-corrected chi connectivity index (χ4v) is 5.02. The predicted octanol–water partition coefficient (Wildman–Crippen LogP) is 4.07. The number of para-hydroxylation sites is 2. The molecule has 0 spiro atoms. The molecule has 0 unspecified atom stereocenters. The molecule has 1 aliphatic rings. The first-order valence-corrected chi connectivity index (χ1v) is 15.6. The second kappa shape index (κ2) is 16.7. The van der Waals surface area contributed by atoms with Crippen LogP contribution >= 0.6 is 0 Å². The summed E-state index contributed by atoms with van der Waals surface area (Å²) in [6.45, 7) is 7.89. The van der Waals surface area contributed by atoms with Crippen LogP contribution in [0.25, 0.3) is 0 Å². The first-order chi connectivity index (χ1) is 21.4. The number of unbranched alkanes of at least 4 members (excludes halogenated alkanes) is 2. The highest BCUT2D eigenvalue weighted by molar-refractivity contribution is 6.00. The van der Waals surface area contributed by atoms with Crippen molar-refractivity contribution < 1.29 is 29.0 Å². The third kappa shape index (κ3) is 10.4. The first kappa shape index (κ1) is 35.2. The van der Waals surface area contributed by atoms with Crippen LogP contribution in [0.4, 0.5) is 21.9 Å². The van der Waals surface area contributed by atoms with Crippen molar-refractivity contribution in [3.8, 4) is 5.75 Å². The fraction of sp³-hybridized carbons (Fsp3) is 0.515. The highest BCUT2D eigenvalue weighted by atomic mass is 16.5. The molecule has 12 nitrogen and oxygen atoms in total. The Morgan fingerprint density at radius 1 is 1.04 bits per heavy atom. The number of nitrogens with two attached hydrogens (primary N) is 1. The van der Waals surface area contributed by atoms with Crippen LogP contribution in [0.15, 0.2) is 42.5 Å². The summed E-state index contributed by atoms with van der Waals surface area (Å²) in [5, 5.41) is 18.4. The Balaban J connectivity index is 1.62. The quantitative estimate of drug-likeness (QED) is 0.165. The Morgan fingerprint density at radius 3 is 2.36 bits per heavy atom. The number of carbonyl (C=O) groups is 4. The van der Waals surface area contributed by atoms with Crippen molar-refractivity contribution in [2.45, 2.75) is 78.0 Å². The second-order valence-corrected chi connectivity index (χ2v) is 12.1. The molecular weight excluding hydrogens is 576 g/mol. The van der Waals surface area contributed by atoms with Crippen LogP contribution in [0, 0.1) is 5.92 Å². The van der Waals surface area contributed by atoms with Crippen LogP contribution in [0.5, 0.6) is 5.75 Å². The van der Waals surface area contributed by atoms with Crippen molar-refractivity contribution in [1.82, 2.24) is 15.1 Å². The van der Waals surface area contributed by atoms with Crippen molar-refractivity contribution in [1.29, 1.82) is 0 Å². The van der Waals surface area contributed by atoms with E-state index in [9.17, 15) is 24.3 Å². The summed E-state index contributed by atoms with van der Waals surface area (Å²) >= 11 is 0. The first-order valence-electron chi connectivity index (χ1n) is 15.6. The largest absolute Gasteiger partial charge is 0.487 e. The third-order valence-electron chi connectivity index (χ3n) is 7.70. The summed E-state index contributed by atoms with van der Waals surface area (Å²) in [7, 11) is 1.70. The number of carbonyl (C=O) groups excluding carboxylic acids is 4. The van der Waals surface area contributed by atoms with Gasteiger partial charge in [0, 0.05) is 44.1 Å². The van der Waals surface area contributed by atoms with Crippen molar-refractivity contribution in [2.24, 2.45) is 5.92 Å². The number of hydrogen-bond acceptors (Lipinski definition) is 7. The summed E-state index contributed by atoms with van der Waals surface area (Å²) in [6.07, 6.45) is 2.07. The van der Waals surface area contributed by atoms with Gasteiger partial charge in [-0.25, -0.2) is 4.79 Å². The number of amides is 5. The van der Waals surface area contributed by atoms with E-state index >= 15 is 0 Å². The van der Waals surface area contributed by atoms with Gasteiger partial charge in [0.05, 0.1) is 36.1 Å². The molecule has 2 aromatic rings. The molecular formula is C33H48N6O6. The van der Waals surface area contributed by atoms with Crippen LogP contribution < -0.4 is 26.4 Å². The van der Waals surface area contributed by atoms with Crippen LogP contribution in [0.3, 0.4) is 0 Å². The molecule has 246 valence electrons. The zero-order valence-electron chi connectivity index (χ0n) is 27.0. The number of likely N-dealkylation sites (N-methyl/N-ethyl adjacent to an activating group) is 1. The lowest BCUT2D eigenvalue weighted by molar-refractivity contribution is -0.116. The standard InChI is InChI=1S/C33H48N6O6/c1-21(2)35-33(44)38(5)19-29-22(3)18-39(23(4)20-40)32(43)25-17-24(15-16-28(25)45-29)36-30(41)13-7-6-8-14-31(42)37-27-12-10-9-11-26(27)34/h9-12,15-17,21-23,29,40H,6-8,13-14,18-20,34H2,1-5H3,(H,35,44)(H,36,41)(H,37,42)/t22-,23+,29+/m1/s1. The number of rotatable bonds is 13. The van der Waals surface area contributed by atoms with E-state index in [1.54, 1.807) is 66.2 Å². The highest BCUT2D eigenvalue weighted by Crippen LogP contribution is 2.31. The number of fused-ring (bicyclic) bond motifs is 1. The zero-order valence-corrected chi connectivity index (χ0v) is 27.0. The van der Waals surface area contributed by atoms with Crippen molar-refractivity contribution in [2.75, 3.05) is 43.1 Å². The van der Waals surface area contributed by atoms with Gasteiger partial charge in [-0.2, -0.15) is 0 Å². The van der Waals surface area contributed by atoms with Gasteiger partial charge in [0.15, 0.2) is 0 Å². The number of aliphatic hydroxyl groups is 1. The maximum atomic E-state index is 13.7. The molecule has 5 amide bonds. The van der Waals surface area contributed by atoms with Crippen LogP contribution in [-0.4, -0.2) is 83.6 Å². The Hall–Kier alpha value is -4.32. The Labute approximate surface area is 265 Å². The normalized spacial score (nSPS) is 17.0. The lowest BCUT2D eigenvalue weighted by Gasteiger charge is -2.38. The van der Waals surface area contributed by atoms with Gasteiger partial charge in [-0.3, -0.25) is 14.4 Å².